The van der Waals surface area contributed by atoms with Gasteiger partial charge in [0, 0.05) is 31.1 Å². The van der Waals surface area contributed by atoms with Gasteiger partial charge in [-0.25, -0.2) is 4.68 Å². The molecule has 2 fully saturated rings. The quantitative estimate of drug-likeness (QED) is 0.495. The van der Waals surface area contributed by atoms with Gasteiger partial charge in [-0.2, -0.15) is 5.10 Å². The molecule has 0 unspecified atom stereocenters. The van der Waals surface area contributed by atoms with Crippen LogP contribution in [0.25, 0.3) is 5.69 Å². The highest BCUT2D eigenvalue weighted by Crippen LogP contribution is 2.40. The summed E-state index contributed by atoms with van der Waals surface area (Å²) in [5.74, 6) is 1.31. The van der Waals surface area contributed by atoms with Crippen LogP contribution in [0.4, 0.5) is 5.82 Å². The first-order valence-electron chi connectivity index (χ1n) is 12.6. The van der Waals surface area contributed by atoms with Crippen molar-refractivity contribution in [1.82, 2.24) is 20.0 Å². The van der Waals surface area contributed by atoms with Crippen molar-refractivity contribution >= 4 is 17.6 Å². The molecule has 2 heterocycles. The van der Waals surface area contributed by atoms with E-state index < -0.39 is 0 Å². The average molecular weight is 468 g/mol. The molecule has 4 rings (SSSR count). The van der Waals surface area contributed by atoms with Crippen LogP contribution >= 0.6 is 0 Å². The van der Waals surface area contributed by atoms with Crippen LogP contribution in [0.3, 0.4) is 0 Å². The van der Waals surface area contributed by atoms with E-state index in [4.69, 9.17) is 9.84 Å². The summed E-state index contributed by atoms with van der Waals surface area (Å²) in [7, 11) is 0. The molecular weight excluding hydrogens is 430 g/mol. The van der Waals surface area contributed by atoms with Gasteiger partial charge in [0.25, 0.3) is 0 Å². The summed E-state index contributed by atoms with van der Waals surface area (Å²) in [5.41, 5.74) is 1.98. The molecule has 0 atom stereocenters. The molecule has 184 valence electrons. The van der Waals surface area contributed by atoms with E-state index in [9.17, 15) is 9.59 Å². The van der Waals surface area contributed by atoms with Gasteiger partial charge >= 0.3 is 0 Å². The number of nitrogens with one attached hydrogen (secondary N) is 2. The first-order valence-corrected chi connectivity index (χ1v) is 12.6. The number of anilines is 1. The summed E-state index contributed by atoms with van der Waals surface area (Å²) in [6.07, 6.45) is 4.91. The summed E-state index contributed by atoms with van der Waals surface area (Å²) < 4.78 is 7.34. The second-order valence-electron chi connectivity index (χ2n) is 9.64. The van der Waals surface area contributed by atoms with Crippen LogP contribution in [0.15, 0.2) is 36.4 Å². The Morgan fingerprint density at radius 1 is 1.12 bits per heavy atom. The summed E-state index contributed by atoms with van der Waals surface area (Å²) in [6, 6.07) is 11.9. The van der Waals surface area contributed by atoms with Crippen molar-refractivity contribution in [1.29, 1.82) is 0 Å². The third-order valence-electron chi connectivity index (χ3n) is 6.39. The topological polar surface area (TPSA) is 88.5 Å². The molecule has 0 bridgehead atoms. The lowest BCUT2D eigenvalue weighted by atomic mass is 9.96. The number of aromatic nitrogens is 2. The second kappa shape index (κ2) is 11.6. The number of rotatable bonds is 11. The minimum Gasteiger partial charge on any atom is -0.379 e. The number of benzene rings is 1. The number of nitrogens with zero attached hydrogens (tertiary/aromatic N) is 3. The van der Waals surface area contributed by atoms with E-state index in [1.165, 1.54) is 0 Å². The molecule has 1 saturated carbocycles. The Morgan fingerprint density at radius 3 is 2.53 bits per heavy atom. The molecule has 0 spiro atoms. The molecule has 8 heteroatoms. The van der Waals surface area contributed by atoms with Crippen molar-refractivity contribution in [2.75, 3.05) is 38.1 Å². The summed E-state index contributed by atoms with van der Waals surface area (Å²) in [6.45, 7) is 7.13. The van der Waals surface area contributed by atoms with Crippen molar-refractivity contribution in [2.24, 2.45) is 5.92 Å². The van der Waals surface area contributed by atoms with Crippen molar-refractivity contribution in [3.8, 4) is 5.69 Å². The Bertz CT molecular complexity index is 947. The van der Waals surface area contributed by atoms with Crippen molar-refractivity contribution in [2.45, 2.75) is 58.0 Å². The zero-order valence-corrected chi connectivity index (χ0v) is 20.3. The number of likely N-dealkylation sites (tertiary alicyclic amines) is 1. The molecule has 8 nitrogen and oxygen atoms in total. The van der Waals surface area contributed by atoms with Gasteiger partial charge in [0.15, 0.2) is 0 Å². The molecule has 1 aliphatic heterocycles. The molecule has 1 aromatic carbocycles. The lowest BCUT2D eigenvalue weighted by Crippen LogP contribution is -2.43. The van der Waals surface area contributed by atoms with Crippen LogP contribution in [0.2, 0.25) is 0 Å². The SMILES string of the molecule is CC(C)OCCCNC(=O)C1CCN(CC(=O)Nc2cc(C3CC3)nn2-c2ccccc2)CC1. The van der Waals surface area contributed by atoms with Crippen LogP contribution in [0.1, 0.15) is 57.6 Å². The molecule has 2 aliphatic rings. The summed E-state index contributed by atoms with van der Waals surface area (Å²) in [4.78, 5) is 27.4. The zero-order chi connectivity index (χ0) is 23.9. The van der Waals surface area contributed by atoms with E-state index in [0.717, 1.165) is 56.6 Å². The van der Waals surface area contributed by atoms with Crippen LogP contribution in [0.5, 0.6) is 0 Å². The number of carbonyl (C=O) groups is 2. The normalized spacial score (nSPS) is 17.1. The number of para-hydroxylation sites is 1. The van der Waals surface area contributed by atoms with Gasteiger partial charge in [0.1, 0.15) is 5.82 Å². The average Bonchev–Trinajstić information content (AvgIpc) is 3.60. The molecule has 2 N–H and O–H groups in total. The van der Waals surface area contributed by atoms with Gasteiger partial charge in [-0.15, -0.1) is 0 Å². The highest BCUT2D eigenvalue weighted by molar-refractivity contribution is 5.91. The van der Waals surface area contributed by atoms with E-state index in [1.54, 1.807) is 0 Å². The minimum atomic E-state index is -0.0486. The first-order chi connectivity index (χ1) is 16.5. The van der Waals surface area contributed by atoms with E-state index in [1.807, 2.05) is 54.9 Å². The van der Waals surface area contributed by atoms with Gasteiger partial charge in [-0.05, 0) is 71.2 Å². The van der Waals surface area contributed by atoms with E-state index in [0.29, 0.717) is 31.4 Å². The Hall–Kier alpha value is -2.71. The van der Waals surface area contributed by atoms with Gasteiger partial charge in [-0.1, -0.05) is 18.2 Å². The summed E-state index contributed by atoms with van der Waals surface area (Å²) in [5, 5.41) is 10.8. The van der Waals surface area contributed by atoms with E-state index in [-0.39, 0.29) is 23.8 Å². The third-order valence-corrected chi connectivity index (χ3v) is 6.39. The fourth-order valence-electron chi connectivity index (χ4n) is 4.32. The zero-order valence-electron chi connectivity index (χ0n) is 20.3. The van der Waals surface area contributed by atoms with Gasteiger partial charge < -0.3 is 15.4 Å². The maximum Gasteiger partial charge on any atom is 0.239 e. The lowest BCUT2D eigenvalue weighted by Gasteiger charge is -2.30. The molecule has 0 radical (unpaired) electrons. The van der Waals surface area contributed by atoms with Crippen molar-refractivity contribution in [3.63, 3.8) is 0 Å². The maximum absolute atomic E-state index is 12.8. The number of hydrogen-bond donors (Lipinski definition) is 2. The predicted octanol–water partition coefficient (Wildman–Crippen LogP) is 3.33. The number of amides is 2. The van der Waals surface area contributed by atoms with Gasteiger partial charge in [-0.3, -0.25) is 14.5 Å². The minimum absolute atomic E-state index is 0.0194. The van der Waals surface area contributed by atoms with Crippen LogP contribution in [0, 0.1) is 5.92 Å². The molecule has 1 saturated heterocycles. The van der Waals surface area contributed by atoms with Crippen molar-refractivity contribution in [3.05, 3.63) is 42.1 Å². The van der Waals surface area contributed by atoms with Crippen molar-refractivity contribution < 1.29 is 14.3 Å². The highest BCUT2D eigenvalue weighted by Gasteiger charge is 2.29. The van der Waals surface area contributed by atoms with Gasteiger partial charge in [0.05, 0.1) is 24.0 Å². The lowest BCUT2D eigenvalue weighted by molar-refractivity contribution is -0.126. The molecule has 34 heavy (non-hydrogen) atoms. The largest absolute Gasteiger partial charge is 0.379 e. The third kappa shape index (κ3) is 6.90. The number of carbonyl (C=O) groups excluding carboxylic acids is 2. The monoisotopic (exact) mass is 467 g/mol. The number of piperidine rings is 1. The van der Waals surface area contributed by atoms with E-state index >= 15 is 0 Å². The predicted molar refractivity (Wildman–Crippen MR) is 132 cm³/mol. The molecule has 1 aliphatic carbocycles. The standard InChI is InChI=1S/C26H37N5O3/c1-19(2)34-16-6-13-27-26(33)21-11-14-30(15-12-21)18-25(32)28-24-17-23(20-9-10-20)29-31(24)22-7-4-3-5-8-22/h3-5,7-8,17,19-21H,6,9-16,18H2,1-2H3,(H,27,33)(H,28,32). The maximum atomic E-state index is 12.8. The Labute approximate surface area is 202 Å². The molecular formula is C26H37N5O3. The highest BCUT2D eigenvalue weighted by atomic mass is 16.5. The fraction of sp³-hybridized carbons (Fsp3) is 0.577. The molecule has 2 amide bonds. The molecule has 1 aromatic heterocycles. The smallest absolute Gasteiger partial charge is 0.239 e. The number of ether oxygens (including phenoxy) is 1. The van der Waals surface area contributed by atoms with E-state index in [2.05, 4.69) is 15.5 Å². The number of hydrogen-bond acceptors (Lipinski definition) is 5. The first kappa shape index (κ1) is 24.4. The molecule has 2 aromatic rings. The Balaban J connectivity index is 1.23. The Kier molecular flexibility index (Phi) is 8.34. The van der Waals surface area contributed by atoms with Crippen LogP contribution in [-0.2, 0) is 14.3 Å². The second-order valence-corrected chi connectivity index (χ2v) is 9.64. The Morgan fingerprint density at radius 2 is 1.85 bits per heavy atom. The van der Waals surface area contributed by atoms with Gasteiger partial charge in [0.2, 0.25) is 11.8 Å². The fourth-order valence-corrected chi connectivity index (χ4v) is 4.32. The summed E-state index contributed by atoms with van der Waals surface area (Å²) >= 11 is 0. The van der Waals surface area contributed by atoms with Crippen LogP contribution < -0.4 is 10.6 Å². The van der Waals surface area contributed by atoms with Crippen LogP contribution in [-0.4, -0.2) is 65.4 Å².